The van der Waals surface area contributed by atoms with E-state index in [1.54, 1.807) is 0 Å². The summed E-state index contributed by atoms with van der Waals surface area (Å²) in [5.74, 6) is 0.964. The lowest BCUT2D eigenvalue weighted by atomic mass is 9.74. The van der Waals surface area contributed by atoms with Crippen LogP contribution in [0.2, 0.25) is 0 Å². The number of amides is 1. The van der Waals surface area contributed by atoms with Gasteiger partial charge in [0.2, 0.25) is 5.91 Å². The molecular formula is C22H36ClN3O2. The molecule has 2 fully saturated rings. The summed E-state index contributed by atoms with van der Waals surface area (Å²) in [5.41, 5.74) is 1.33. The van der Waals surface area contributed by atoms with Crippen molar-refractivity contribution in [2.24, 2.45) is 5.92 Å². The standard InChI is InChI=1S/C22H35N3O2.ClH/c1-23-12-7-19-8-13-25(14-9-19)17-21(26)24-18-22(10-15-27-16-11-22)20-5-3-2-4-6-20;/h2-6,19,23H,7-18H2,1H3,(H,24,26);1H. The summed E-state index contributed by atoms with van der Waals surface area (Å²) in [5, 5.41) is 6.48. The molecule has 6 heteroatoms. The number of ether oxygens (including phenoxy) is 1. The molecule has 28 heavy (non-hydrogen) atoms. The van der Waals surface area contributed by atoms with Crippen LogP contribution in [0.25, 0.3) is 0 Å². The van der Waals surface area contributed by atoms with E-state index in [1.807, 2.05) is 7.05 Å². The molecule has 1 amide bonds. The Morgan fingerprint density at radius 2 is 1.86 bits per heavy atom. The lowest BCUT2D eigenvalue weighted by molar-refractivity contribution is -0.123. The molecule has 0 aliphatic carbocycles. The van der Waals surface area contributed by atoms with E-state index in [9.17, 15) is 4.79 Å². The minimum atomic E-state index is 0. The predicted octanol–water partition coefficient (Wildman–Crippen LogP) is 2.59. The first-order valence-corrected chi connectivity index (χ1v) is 10.5. The molecule has 2 heterocycles. The van der Waals surface area contributed by atoms with Gasteiger partial charge in [0.25, 0.3) is 0 Å². The van der Waals surface area contributed by atoms with Crippen LogP contribution in [0.1, 0.15) is 37.7 Å². The fraction of sp³-hybridized carbons (Fsp3) is 0.682. The first kappa shape index (κ1) is 23.1. The molecule has 1 aromatic rings. The van der Waals surface area contributed by atoms with E-state index in [4.69, 9.17) is 4.74 Å². The summed E-state index contributed by atoms with van der Waals surface area (Å²) in [7, 11) is 2.01. The number of carbonyl (C=O) groups is 1. The average Bonchev–Trinajstić information content (AvgIpc) is 2.73. The Morgan fingerprint density at radius 1 is 1.18 bits per heavy atom. The van der Waals surface area contributed by atoms with E-state index in [-0.39, 0.29) is 23.7 Å². The first-order chi connectivity index (χ1) is 13.2. The van der Waals surface area contributed by atoms with Crippen LogP contribution < -0.4 is 10.6 Å². The fourth-order valence-electron chi connectivity index (χ4n) is 4.43. The van der Waals surface area contributed by atoms with Crippen LogP contribution >= 0.6 is 12.4 Å². The molecule has 0 radical (unpaired) electrons. The van der Waals surface area contributed by atoms with Crippen molar-refractivity contribution in [2.45, 2.75) is 37.5 Å². The van der Waals surface area contributed by atoms with Gasteiger partial charge in [0, 0.05) is 25.2 Å². The van der Waals surface area contributed by atoms with Crippen LogP contribution in [-0.2, 0) is 14.9 Å². The first-order valence-electron chi connectivity index (χ1n) is 10.5. The second-order valence-electron chi connectivity index (χ2n) is 8.15. The van der Waals surface area contributed by atoms with E-state index in [1.165, 1.54) is 24.8 Å². The molecule has 2 aliphatic heterocycles. The van der Waals surface area contributed by atoms with Gasteiger partial charge >= 0.3 is 0 Å². The highest BCUT2D eigenvalue weighted by atomic mass is 35.5. The molecule has 0 saturated carbocycles. The molecule has 158 valence electrons. The Bertz CT molecular complexity index is 570. The monoisotopic (exact) mass is 409 g/mol. The zero-order valence-corrected chi connectivity index (χ0v) is 17.9. The Hall–Kier alpha value is -1.14. The van der Waals surface area contributed by atoms with Gasteiger partial charge in [-0.05, 0) is 70.3 Å². The van der Waals surface area contributed by atoms with Gasteiger partial charge in [-0.3, -0.25) is 9.69 Å². The van der Waals surface area contributed by atoms with Crippen molar-refractivity contribution in [2.75, 3.05) is 53.0 Å². The molecule has 1 aromatic carbocycles. The van der Waals surface area contributed by atoms with Crippen molar-refractivity contribution in [1.82, 2.24) is 15.5 Å². The lowest BCUT2D eigenvalue weighted by Crippen LogP contribution is -2.48. The molecule has 2 saturated heterocycles. The number of halogens is 1. The molecule has 0 atom stereocenters. The van der Waals surface area contributed by atoms with Gasteiger partial charge in [-0.25, -0.2) is 0 Å². The van der Waals surface area contributed by atoms with E-state index in [0.29, 0.717) is 13.1 Å². The number of hydrogen-bond donors (Lipinski definition) is 2. The summed E-state index contributed by atoms with van der Waals surface area (Å²) in [4.78, 5) is 14.9. The van der Waals surface area contributed by atoms with E-state index >= 15 is 0 Å². The summed E-state index contributed by atoms with van der Waals surface area (Å²) >= 11 is 0. The minimum Gasteiger partial charge on any atom is -0.381 e. The molecule has 3 rings (SSSR count). The second kappa shape index (κ2) is 11.8. The summed E-state index contributed by atoms with van der Waals surface area (Å²) in [6.45, 7) is 5.95. The zero-order chi connectivity index (χ0) is 19.0. The summed E-state index contributed by atoms with van der Waals surface area (Å²) in [6.07, 6.45) is 5.60. The molecule has 2 aliphatic rings. The fourth-order valence-corrected chi connectivity index (χ4v) is 4.43. The number of nitrogens with zero attached hydrogens (tertiary/aromatic N) is 1. The topological polar surface area (TPSA) is 53.6 Å². The number of carbonyl (C=O) groups excluding carboxylic acids is 1. The minimum absolute atomic E-state index is 0. The quantitative estimate of drug-likeness (QED) is 0.693. The zero-order valence-electron chi connectivity index (χ0n) is 17.1. The van der Waals surface area contributed by atoms with Crippen LogP contribution in [0.3, 0.4) is 0 Å². The number of likely N-dealkylation sites (tertiary alicyclic amines) is 1. The highest BCUT2D eigenvalue weighted by Crippen LogP contribution is 2.34. The number of hydrogen-bond acceptors (Lipinski definition) is 4. The van der Waals surface area contributed by atoms with Crippen molar-refractivity contribution in [3.63, 3.8) is 0 Å². The SMILES string of the molecule is CNCCC1CCN(CC(=O)NCC2(c3ccccc3)CCOCC2)CC1.Cl. The highest BCUT2D eigenvalue weighted by Gasteiger charge is 2.34. The maximum atomic E-state index is 12.6. The Morgan fingerprint density at radius 3 is 2.50 bits per heavy atom. The largest absolute Gasteiger partial charge is 0.381 e. The number of benzene rings is 1. The third-order valence-corrected chi connectivity index (χ3v) is 6.34. The molecule has 5 nitrogen and oxygen atoms in total. The Balaban J connectivity index is 0.00000280. The van der Waals surface area contributed by atoms with E-state index in [0.717, 1.165) is 51.6 Å². The normalized spacial score (nSPS) is 20.3. The van der Waals surface area contributed by atoms with Crippen molar-refractivity contribution in [3.8, 4) is 0 Å². The second-order valence-corrected chi connectivity index (χ2v) is 8.15. The lowest BCUT2D eigenvalue weighted by Gasteiger charge is -2.38. The van der Waals surface area contributed by atoms with Crippen molar-refractivity contribution < 1.29 is 9.53 Å². The van der Waals surface area contributed by atoms with Crippen molar-refractivity contribution in [1.29, 1.82) is 0 Å². The maximum absolute atomic E-state index is 12.6. The highest BCUT2D eigenvalue weighted by molar-refractivity contribution is 5.85. The van der Waals surface area contributed by atoms with Gasteiger partial charge in [-0.15, -0.1) is 12.4 Å². The van der Waals surface area contributed by atoms with Crippen LogP contribution in [-0.4, -0.2) is 63.8 Å². The third-order valence-electron chi connectivity index (χ3n) is 6.34. The summed E-state index contributed by atoms with van der Waals surface area (Å²) in [6, 6.07) is 10.6. The van der Waals surface area contributed by atoms with Gasteiger partial charge < -0.3 is 15.4 Å². The Labute approximate surface area is 176 Å². The number of piperidine rings is 1. The van der Waals surface area contributed by atoms with Crippen LogP contribution in [0.15, 0.2) is 30.3 Å². The van der Waals surface area contributed by atoms with Gasteiger partial charge in [0.15, 0.2) is 0 Å². The van der Waals surface area contributed by atoms with Crippen molar-refractivity contribution >= 4 is 18.3 Å². The molecule has 2 N–H and O–H groups in total. The van der Waals surface area contributed by atoms with Crippen molar-refractivity contribution in [3.05, 3.63) is 35.9 Å². The third kappa shape index (κ3) is 6.45. The molecule has 0 aromatic heterocycles. The maximum Gasteiger partial charge on any atom is 0.234 e. The van der Waals surface area contributed by atoms with E-state index < -0.39 is 0 Å². The van der Waals surface area contributed by atoms with Gasteiger partial charge in [-0.1, -0.05) is 30.3 Å². The van der Waals surface area contributed by atoms with Gasteiger partial charge in [0.05, 0.1) is 6.54 Å². The van der Waals surface area contributed by atoms with Crippen LogP contribution in [0, 0.1) is 5.92 Å². The number of rotatable bonds is 8. The van der Waals surface area contributed by atoms with E-state index in [2.05, 4.69) is 45.9 Å². The molecular weight excluding hydrogens is 374 g/mol. The predicted molar refractivity (Wildman–Crippen MR) is 116 cm³/mol. The molecule has 0 bridgehead atoms. The van der Waals surface area contributed by atoms with Crippen LogP contribution in [0.4, 0.5) is 0 Å². The smallest absolute Gasteiger partial charge is 0.234 e. The number of nitrogens with one attached hydrogen (secondary N) is 2. The average molecular weight is 410 g/mol. The summed E-state index contributed by atoms with van der Waals surface area (Å²) < 4.78 is 5.59. The molecule has 0 spiro atoms. The van der Waals surface area contributed by atoms with Gasteiger partial charge in [-0.2, -0.15) is 0 Å². The van der Waals surface area contributed by atoms with Gasteiger partial charge in [0.1, 0.15) is 0 Å². The molecule has 0 unspecified atom stereocenters. The van der Waals surface area contributed by atoms with Crippen LogP contribution in [0.5, 0.6) is 0 Å². The Kier molecular flexibility index (Phi) is 9.72.